The smallest absolute Gasteiger partial charge is 0.233 e. The zero-order valence-corrected chi connectivity index (χ0v) is 9.58. The topological polar surface area (TPSA) is 59.1 Å². The van der Waals surface area contributed by atoms with Gasteiger partial charge in [0.05, 0.1) is 11.7 Å². The summed E-state index contributed by atoms with van der Waals surface area (Å²) in [7, 11) is -3.40. The molecule has 1 aromatic heterocycles. The van der Waals surface area contributed by atoms with Gasteiger partial charge in [-0.25, -0.2) is 13.1 Å². The van der Waals surface area contributed by atoms with Crippen molar-refractivity contribution in [2.45, 2.75) is 19.9 Å². The number of aryl methyl sites for hydroxylation is 1. The van der Waals surface area contributed by atoms with E-state index >= 15 is 0 Å². The van der Waals surface area contributed by atoms with Crippen LogP contribution in [-0.2, 0) is 10.0 Å². The Labute approximate surface area is 90.1 Å². The molecule has 0 fully saturated rings. The number of rotatable bonds is 4. The SMILES string of the molecule is C=CS(=O)(=O)NC(C)c1ccc(C)cn1. The molecule has 1 atom stereocenters. The van der Waals surface area contributed by atoms with Crippen LogP contribution < -0.4 is 4.72 Å². The van der Waals surface area contributed by atoms with Crippen molar-refractivity contribution >= 4 is 10.0 Å². The van der Waals surface area contributed by atoms with E-state index in [1.165, 1.54) is 0 Å². The van der Waals surface area contributed by atoms with Crippen molar-refractivity contribution in [3.8, 4) is 0 Å². The first-order valence-corrected chi connectivity index (χ1v) is 6.06. The Morgan fingerprint density at radius 1 is 1.53 bits per heavy atom. The van der Waals surface area contributed by atoms with Gasteiger partial charge in [-0.05, 0) is 25.5 Å². The monoisotopic (exact) mass is 226 g/mol. The van der Waals surface area contributed by atoms with Crippen molar-refractivity contribution in [2.75, 3.05) is 0 Å². The molecule has 0 aromatic carbocycles. The minimum atomic E-state index is -3.40. The van der Waals surface area contributed by atoms with Crippen LogP contribution in [-0.4, -0.2) is 13.4 Å². The lowest BCUT2D eigenvalue weighted by molar-refractivity contribution is 0.573. The van der Waals surface area contributed by atoms with Crippen molar-refractivity contribution in [1.29, 1.82) is 0 Å². The number of pyridine rings is 1. The lowest BCUT2D eigenvalue weighted by Crippen LogP contribution is -2.25. The summed E-state index contributed by atoms with van der Waals surface area (Å²) in [6.07, 6.45) is 1.70. The van der Waals surface area contributed by atoms with Gasteiger partial charge in [0.25, 0.3) is 0 Å². The molecule has 0 bridgehead atoms. The summed E-state index contributed by atoms with van der Waals surface area (Å²) in [6.45, 7) is 6.88. The normalized spacial score (nSPS) is 13.5. The van der Waals surface area contributed by atoms with E-state index in [0.29, 0.717) is 5.69 Å². The fraction of sp³-hybridized carbons (Fsp3) is 0.300. The van der Waals surface area contributed by atoms with Crippen molar-refractivity contribution in [3.63, 3.8) is 0 Å². The first kappa shape index (κ1) is 11.9. The van der Waals surface area contributed by atoms with E-state index < -0.39 is 10.0 Å². The predicted molar refractivity (Wildman–Crippen MR) is 59.6 cm³/mol. The van der Waals surface area contributed by atoms with Crippen LogP contribution in [0.5, 0.6) is 0 Å². The maximum absolute atomic E-state index is 11.2. The summed E-state index contributed by atoms with van der Waals surface area (Å²) in [5.41, 5.74) is 1.73. The number of nitrogens with zero attached hydrogens (tertiary/aromatic N) is 1. The Hall–Kier alpha value is -1.20. The summed E-state index contributed by atoms with van der Waals surface area (Å²) in [5, 5.41) is 0.887. The second-order valence-electron chi connectivity index (χ2n) is 3.31. The molecule has 0 radical (unpaired) electrons. The molecule has 4 nitrogen and oxygen atoms in total. The van der Waals surface area contributed by atoms with Crippen LogP contribution in [0.3, 0.4) is 0 Å². The van der Waals surface area contributed by atoms with Gasteiger partial charge in [-0.3, -0.25) is 4.98 Å². The summed E-state index contributed by atoms with van der Waals surface area (Å²) in [6, 6.07) is 3.33. The van der Waals surface area contributed by atoms with E-state index in [1.54, 1.807) is 19.2 Å². The maximum Gasteiger partial charge on any atom is 0.233 e. The lowest BCUT2D eigenvalue weighted by Gasteiger charge is -2.11. The van der Waals surface area contributed by atoms with E-state index in [-0.39, 0.29) is 6.04 Å². The van der Waals surface area contributed by atoms with Crippen LogP contribution >= 0.6 is 0 Å². The van der Waals surface area contributed by atoms with E-state index in [9.17, 15) is 8.42 Å². The van der Waals surface area contributed by atoms with E-state index in [0.717, 1.165) is 11.0 Å². The van der Waals surface area contributed by atoms with Gasteiger partial charge in [0.2, 0.25) is 10.0 Å². The zero-order chi connectivity index (χ0) is 11.5. The molecule has 0 amide bonds. The second kappa shape index (κ2) is 4.55. The number of nitrogens with one attached hydrogen (secondary N) is 1. The molecule has 0 aliphatic carbocycles. The molecule has 1 heterocycles. The van der Waals surface area contributed by atoms with E-state index in [4.69, 9.17) is 0 Å². The molecule has 0 saturated carbocycles. The maximum atomic E-state index is 11.2. The molecule has 15 heavy (non-hydrogen) atoms. The molecule has 0 aliphatic rings. The zero-order valence-electron chi connectivity index (χ0n) is 8.77. The van der Waals surface area contributed by atoms with Crippen LogP contribution in [0.4, 0.5) is 0 Å². The second-order valence-corrected chi connectivity index (χ2v) is 4.97. The van der Waals surface area contributed by atoms with E-state index in [1.807, 2.05) is 13.0 Å². The molecule has 5 heteroatoms. The average Bonchev–Trinajstić information content (AvgIpc) is 2.18. The van der Waals surface area contributed by atoms with Gasteiger partial charge < -0.3 is 0 Å². The van der Waals surface area contributed by atoms with Crippen LogP contribution in [0.1, 0.15) is 24.2 Å². The number of sulfonamides is 1. The van der Waals surface area contributed by atoms with E-state index in [2.05, 4.69) is 16.3 Å². The minimum Gasteiger partial charge on any atom is -0.259 e. The van der Waals surface area contributed by atoms with Gasteiger partial charge >= 0.3 is 0 Å². The predicted octanol–water partition coefficient (Wildman–Crippen LogP) is 1.51. The molecular weight excluding hydrogens is 212 g/mol. The summed E-state index contributed by atoms with van der Waals surface area (Å²) < 4.78 is 24.8. The quantitative estimate of drug-likeness (QED) is 0.846. The highest BCUT2D eigenvalue weighted by atomic mass is 32.2. The van der Waals surface area contributed by atoms with Crippen LogP contribution in [0.2, 0.25) is 0 Å². The van der Waals surface area contributed by atoms with Crippen molar-refractivity contribution in [2.24, 2.45) is 0 Å². The van der Waals surface area contributed by atoms with Gasteiger partial charge in [0.15, 0.2) is 0 Å². The highest BCUT2D eigenvalue weighted by Gasteiger charge is 2.12. The Balaban J connectivity index is 2.82. The van der Waals surface area contributed by atoms with Gasteiger partial charge in [-0.15, -0.1) is 0 Å². The largest absolute Gasteiger partial charge is 0.259 e. The number of aromatic nitrogens is 1. The first-order valence-electron chi connectivity index (χ1n) is 4.52. The Morgan fingerprint density at radius 3 is 2.67 bits per heavy atom. The molecule has 1 aromatic rings. The van der Waals surface area contributed by atoms with Crippen molar-refractivity contribution in [3.05, 3.63) is 41.6 Å². The van der Waals surface area contributed by atoms with Crippen molar-refractivity contribution < 1.29 is 8.42 Å². The molecular formula is C10H14N2O2S. The number of hydrogen-bond donors (Lipinski definition) is 1. The van der Waals surface area contributed by atoms with Gasteiger partial charge in [0, 0.05) is 11.6 Å². The molecule has 0 aliphatic heterocycles. The third-order valence-corrected chi connectivity index (χ3v) is 3.06. The highest BCUT2D eigenvalue weighted by molar-refractivity contribution is 7.92. The average molecular weight is 226 g/mol. The fourth-order valence-corrected chi connectivity index (χ4v) is 1.80. The summed E-state index contributed by atoms with van der Waals surface area (Å²) in [4.78, 5) is 4.14. The Morgan fingerprint density at radius 2 is 2.20 bits per heavy atom. The molecule has 82 valence electrons. The molecule has 1 unspecified atom stereocenters. The van der Waals surface area contributed by atoms with Gasteiger partial charge in [-0.2, -0.15) is 0 Å². The molecule has 0 saturated heterocycles. The fourth-order valence-electron chi connectivity index (χ4n) is 1.09. The van der Waals surface area contributed by atoms with Gasteiger partial charge in [0.1, 0.15) is 0 Å². The van der Waals surface area contributed by atoms with Crippen molar-refractivity contribution in [1.82, 2.24) is 9.71 Å². The standard InChI is InChI=1S/C10H14N2O2S/c1-4-15(13,14)12-9(3)10-6-5-8(2)7-11-10/h4-7,9,12H,1H2,2-3H3. The van der Waals surface area contributed by atoms with Crippen LogP contribution in [0.25, 0.3) is 0 Å². The minimum absolute atomic E-state index is 0.353. The third-order valence-electron chi connectivity index (χ3n) is 1.94. The Kier molecular flexibility index (Phi) is 3.60. The first-order chi connectivity index (χ1) is 6.94. The molecule has 1 rings (SSSR count). The lowest BCUT2D eigenvalue weighted by atomic mass is 10.2. The summed E-state index contributed by atoms with van der Waals surface area (Å²) in [5.74, 6) is 0. The third kappa shape index (κ3) is 3.45. The van der Waals surface area contributed by atoms with Crippen LogP contribution in [0.15, 0.2) is 30.3 Å². The number of hydrogen-bond acceptors (Lipinski definition) is 3. The molecule has 1 N–H and O–H groups in total. The van der Waals surface area contributed by atoms with Crippen LogP contribution in [0, 0.1) is 6.92 Å². The Bertz CT molecular complexity index is 437. The summed E-state index contributed by atoms with van der Waals surface area (Å²) >= 11 is 0. The highest BCUT2D eigenvalue weighted by Crippen LogP contribution is 2.10. The molecule has 0 spiro atoms. The van der Waals surface area contributed by atoms with Gasteiger partial charge in [-0.1, -0.05) is 12.6 Å².